The minimum absolute atomic E-state index is 0.0820. The van der Waals surface area contributed by atoms with Gasteiger partial charge in [-0.2, -0.15) is 0 Å². The Balaban J connectivity index is 1.49. The van der Waals surface area contributed by atoms with Gasteiger partial charge in [-0.15, -0.1) is 0 Å². The van der Waals surface area contributed by atoms with Crippen LogP contribution in [-0.2, 0) is 10.0 Å². The largest absolute Gasteiger partial charge is 0.490 e. The molecular formula is C23H26N2O5S. The van der Waals surface area contributed by atoms with E-state index in [1.165, 1.54) is 12.1 Å². The molecule has 1 fully saturated rings. The van der Waals surface area contributed by atoms with E-state index in [-0.39, 0.29) is 16.4 Å². The number of sulfonamides is 1. The molecule has 31 heavy (non-hydrogen) atoms. The number of amides is 1. The summed E-state index contributed by atoms with van der Waals surface area (Å²) in [5, 5.41) is 3.76. The zero-order chi connectivity index (χ0) is 22.0. The Labute approximate surface area is 181 Å². The van der Waals surface area contributed by atoms with Gasteiger partial charge in [-0.05, 0) is 62.9 Å². The highest BCUT2D eigenvalue weighted by Crippen LogP contribution is 2.31. The van der Waals surface area contributed by atoms with Gasteiger partial charge in [-0.1, -0.05) is 18.2 Å². The van der Waals surface area contributed by atoms with Crippen LogP contribution < -0.4 is 14.8 Å². The van der Waals surface area contributed by atoms with Gasteiger partial charge in [0.05, 0.1) is 17.5 Å². The van der Waals surface area contributed by atoms with E-state index in [9.17, 15) is 13.2 Å². The maximum absolute atomic E-state index is 12.8. The average Bonchev–Trinajstić information content (AvgIpc) is 3.49. The Bertz CT molecular complexity index is 1200. The second-order valence-electron chi connectivity index (χ2n) is 7.77. The summed E-state index contributed by atoms with van der Waals surface area (Å²) in [4.78, 5) is 12.9. The summed E-state index contributed by atoms with van der Waals surface area (Å²) in [6, 6.07) is 13.1. The standard InChI is InChI=1S/C23H26N2O5S/c1-3-29-20-9-5-6-17-13-21(30-22(17)20)15(2)25-23(26)18-7-4-8-19(12-18)31(27,28)24-14-16-10-11-16/h4-9,12-13,15-16,24H,3,10-11,14H2,1-2H3,(H,25,26). The molecule has 7 nitrogen and oxygen atoms in total. The Morgan fingerprint density at radius 3 is 2.71 bits per heavy atom. The van der Waals surface area contributed by atoms with Crippen LogP contribution in [0.1, 0.15) is 48.8 Å². The number of para-hydroxylation sites is 1. The molecule has 0 bridgehead atoms. The van der Waals surface area contributed by atoms with E-state index < -0.39 is 16.1 Å². The second-order valence-corrected chi connectivity index (χ2v) is 9.54. The third-order valence-corrected chi connectivity index (χ3v) is 6.69. The van der Waals surface area contributed by atoms with Gasteiger partial charge in [-0.3, -0.25) is 4.79 Å². The fraction of sp³-hybridized carbons (Fsp3) is 0.348. The van der Waals surface area contributed by atoms with Gasteiger partial charge in [0.25, 0.3) is 5.91 Å². The topological polar surface area (TPSA) is 97.6 Å². The molecule has 2 aromatic carbocycles. The lowest BCUT2D eigenvalue weighted by Gasteiger charge is -2.12. The van der Waals surface area contributed by atoms with E-state index in [1.54, 1.807) is 12.1 Å². The highest BCUT2D eigenvalue weighted by molar-refractivity contribution is 7.89. The molecule has 0 aliphatic heterocycles. The molecule has 1 aliphatic rings. The van der Waals surface area contributed by atoms with E-state index in [4.69, 9.17) is 9.15 Å². The third-order valence-electron chi connectivity index (χ3n) is 5.27. The number of ether oxygens (including phenoxy) is 1. The van der Waals surface area contributed by atoms with E-state index in [0.29, 0.717) is 36.2 Å². The Kier molecular flexibility index (Phi) is 6.02. The molecule has 2 N–H and O–H groups in total. The zero-order valence-electron chi connectivity index (χ0n) is 17.6. The summed E-state index contributed by atoms with van der Waals surface area (Å²) in [6.07, 6.45) is 2.10. The van der Waals surface area contributed by atoms with Crippen molar-refractivity contribution in [1.82, 2.24) is 10.0 Å². The first kappa shape index (κ1) is 21.4. The summed E-state index contributed by atoms with van der Waals surface area (Å²) in [5.74, 6) is 1.29. The van der Waals surface area contributed by atoms with Crippen molar-refractivity contribution in [1.29, 1.82) is 0 Å². The molecule has 1 unspecified atom stereocenters. The summed E-state index contributed by atoms with van der Waals surface area (Å²) >= 11 is 0. The molecule has 0 spiro atoms. The number of hydrogen-bond donors (Lipinski definition) is 2. The van der Waals surface area contributed by atoms with Crippen molar-refractivity contribution in [2.24, 2.45) is 5.92 Å². The smallest absolute Gasteiger partial charge is 0.251 e. The number of rotatable bonds is 9. The summed E-state index contributed by atoms with van der Waals surface area (Å²) in [6.45, 7) is 4.68. The first-order valence-corrected chi connectivity index (χ1v) is 11.9. The Morgan fingerprint density at radius 1 is 1.19 bits per heavy atom. The summed E-state index contributed by atoms with van der Waals surface area (Å²) in [7, 11) is -3.64. The quantitative estimate of drug-likeness (QED) is 0.522. The number of carbonyl (C=O) groups is 1. The van der Waals surface area contributed by atoms with Crippen LogP contribution in [0.25, 0.3) is 11.0 Å². The minimum atomic E-state index is -3.64. The van der Waals surface area contributed by atoms with Crippen LogP contribution in [-0.4, -0.2) is 27.5 Å². The Hall–Kier alpha value is -2.84. The maximum atomic E-state index is 12.8. The predicted octanol–water partition coefficient (Wildman–Crippen LogP) is 4.01. The average molecular weight is 443 g/mol. The molecule has 0 radical (unpaired) electrons. The van der Waals surface area contributed by atoms with E-state index in [1.807, 2.05) is 38.1 Å². The zero-order valence-corrected chi connectivity index (χ0v) is 18.4. The first-order chi connectivity index (χ1) is 14.9. The van der Waals surface area contributed by atoms with Gasteiger partial charge >= 0.3 is 0 Å². The van der Waals surface area contributed by atoms with Gasteiger partial charge in [0.2, 0.25) is 10.0 Å². The lowest BCUT2D eigenvalue weighted by atomic mass is 10.1. The molecule has 0 saturated heterocycles. The van der Waals surface area contributed by atoms with Crippen molar-refractivity contribution in [2.75, 3.05) is 13.2 Å². The van der Waals surface area contributed by atoms with Crippen LogP contribution in [0.15, 0.2) is 57.8 Å². The van der Waals surface area contributed by atoms with Crippen molar-refractivity contribution in [3.63, 3.8) is 0 Å². The highest BCUT2D eigenvalue weighted by atomic mass is 32.2. The number of hydrogen-bond acceptors (Lipinski definition) is 5. The molecular weight excluding hydrogens is 416 g/mol. The van der Waals surface area contributed by atoms with Gasteiger partial charge in [0, 0.05) is 17.5 Å². The lowest BCUT2D eigenvalue weighted by molar-refractivity contribution is 0.0935. The normalized spacial score (nSPS) is 15.0. The number of carbonyl (C=O) groups excluding carboxylic acids is 1. The molecule has 1 saturated carbocycles. The minimum Gasteiger partial charge on any atom is -0.490 e. The van der Waals surface area contributed by atoms with Gasteiger partial charge in [0.1, 0.15) is 5.76 Å². The van der Waals surface area contributed by atoms with Crippen LogP contribution in [0.2, 0.25) is 0 Å². The SMILES string of the molecule is CCOc1cccc2cc(C(C)NC(=O)c3cccc(S(=O)(=O)NCC4CC4)c3)oc12. The maximum Gasteiger partial charge on any atom is 0.251 e. The van der Waals surface area contributed by atoms with Gasteiger partial charge < -0.3 is 14.5 Å². The molecule has 1 atom stereocenters. The Morgan fingerprint density at radius 2 is 1.97 bits per heavy atom. The second kappa shape index (κ2) is 8.72. The van der Waals surface area contributed by atoms with Crippen molar-refractivity contribution >= 4 is 26.9 Å². The third kappa shape index (κ3) is 4.91. The fourth-order valence-electron chi connectivity index (χ4n) is 3.33. The first-order valence-electron chi connectivity index (χ1n) is 10.4. The molecule has 1 aromatic heterocycles. The van der Waals surface area contributed by atoms with E-state index in [0.717, 1.165) is 18.2 Å². The van der Waals surface area contributed by atoms with Crippen molar-refractivity contribution in [3.05, 3.63) is 59.9 Å². The summed E-state index contributed by atoms with van der Waals surface area (Å²) < 4.78 is 39.2. The predicted molar refractivity (Wildman–Crippen MR) is 118 cm³/mol. The van der Waals surface area contributed by atoms with E-state index in [2.05, 4.69) is 10.0 Å². The molecule has 8 heteroatoms. The lowest BCUT2D eigenvalue weighted by Crippen LogP contribution is -2.28. The van der Waals surface area contributed by atoms with Crippen LogP contribution in [0.3, 0.4) is 0 Å². The summed E-state index contributed by atoms with van der Waals surface area (Å²) in [5.41, 5.74) is 0.905. The van der Waals surface area contributed by atoms with Crippen LogP contribution in [0.4, 0.5) is 0 Å². The molecule has 164 valence electrons. The van der Waals surface area contributed by atoms with Crippen molar-refractivity contribution in [3.8, 4) is 5.75 Å². The van der Waals surface area contributed by atoms with Crippen LogP contribution in [0.5, 0.6) is 5.75 Å². The molecule has 4 rings (SSSR count). The van der Waals surface area contributed by atoms with Crippen molar-refractivity contribution < 1.29 is 22.4 Å². The molecule has 1 aliphatic carbocycles. The van der Waals surface area contributed by atoms with Crippen LogP contribution in [0, 0.1) is 5.92 Å². The molecule has 1 amide bonds. The number of fused-ring (bicyclic) bond motifs is 1. The number of furan rings is 1. The number of benzene rings is 2. The van der Waals surface area contributed by atoms with E-state index >= 15 is 0 Å². The van der Waals surface area contributed by atoms with Gasteiger partial charge in [0.15, 0.2) is 11.3 Å². The number of nitrogens with one attached hydrogen (secondary N) is 2. The van der Waals surface area contributed by atoms with Crippen molar-refractivity contribution in [2.45, 2.75) is 37.6 Å². The van der Waals surface area contributed by atoms with Gasteiger partial charge in [-0.25, -0.2) is 13.1 Å². The highest BCUT2D eigenvalue weighted by Gasteiger charge is 2.25. The monoisotopic (exact) mass is 442 g/mol. The molecule has 3 aromatic rings. The fourth-order valence-corrected chi connectivity index (χ4v) is 4.49. The van der Waals surface area contributed by atoms with Crippen LogP contribution >= 0.6 is 0 Å². The molecule has 1 heterocycles.